The molecule has 0 aliphatic carbocycles. The molecule has 1 amide bonds. The second-order valence-corrected chi connectivity index (χ2v) is 7.22. The van der Waals surface area contributed by atoms with Gasteiger partial charge in [-0.1, -0.05) is 12.1 Å². The predicted octanol–water partition coefficient (Wildman–Crippen LogP) is 2.75. The minimum atomic E-state index is -0.724. The smallest absolute Gasteiger partial charge is 0.274 e. The van der Waals surface area contributed by atoms with Crippen molar-refractivity contribution in [2.24, 2.45) is 5.92 Å². The number of ether oxygens (including phenoxy) is 1. The molecule has 1 saturated heterocycles. The highest BCUT2D eigenvalue weighted by molar-refractivity contribution is 5.92. The van der Waals surface area contributed by atoms with Gasteiger partial charge in [0.2, 0.25) is 0 Å². The molecule has 7 heteroatoms. The molecule has 0 bridgehead atoms. The van der Waals surface area contributed by atoms with E-state index in [1.165, 1.54) is 6.07 Å². The fourth-order valence-corrected chi connectivity index (χ4v) is 3.21. The molecule has 2 heterocycles. The van der Waals surface area contributed by atoms with Crippen molar-refractivity contribution >= 4 is 5.91 Å². The minimum absolute atomic E-state index is 0.0992. The summed E-state index contributed by atoms with van der Waals surface area (Å²) in [5.74, 6) is -0.232. The molecule has 0 saturated carbocycles. The van der Waals surface area contributed by atoms with Crippen LogP contribution in [0.1, 0.15) is 42.9 Å². The molecular formula is C19H24FN3O3. The lowest BCUT2D eigenvalue weighted by Gasteiger charge is -2.37. The van der Waals surface area contributed by atoms with Gasteiger partial charge in [-0.2, -0.15) is 5.10 Å². The summed E-state index contributed by atoms with van der Waals surface area (Å²) in [5.41, 5.74) is 0.195. The first-order chi connectivity index (χ1) is 12.3. The summed E-state index contributed by atoms with van der Waals surface area (Å²) in [7, 11) is 0. The summed E-state index contributed by atoms with van der Waals surface area (Å²) in [6, 6.07) is 7.79. The first-order valence-corrected chi connectivity index (χ1v) is 8.78. The van der Waals surface area contributed by atoms with Crippen molar-refractivity contribution in [2.45, 2.75) is 38.9 Å². The standard InChI is InChI=1S/C19H24FN3O3/c1-19(2,25)13-7-9-23(10-8-13)18(24)16-11-14(21-22-16)12-26-17-6-4-3-5-15(17)20/h3-6,11,13,25H,7-10,12H2,1-2H3,(H,21,22). The maximum atomic E-state index is 13.6. The molecular weight excluding hydrogens is 337 g/mol. The zero-order chi connectivity index (χ0) is 18.7. The average molecular weight is 361 g/mol. The van der Waals surface area contributed by atoms with E-state index in [0.717, 1.165) is 12.8 Å². The summed E-state index contributed by atoms with van der Waals surface area (Å²) in [6.45, 7) is 4.92. The number of nitrogens with zero attached hydrogens (tertiary/aromatic N) is 2. The molecule has 1 fully saturated rings. The normalized spacial score (nSPS) is 15.9. The van der Waals surface area contributed by atoms with Crippen LogP contribution >= 0.6 is 0 Å². The van der Waals surface area contributed by atoms with Crippen LogP contribution in [0.25, 0.3) is 0 Å². The van der Waals surface area contributed by atoms with Crippen LogP contribution in [0.3, 0.4) is 0 Å². The van der Waals surface area contributed by atoms with Gasteiger partial charge in [-0.05, 0) is 50.8 Å². The van der Waals surface area contributed by atoms with Gasteiger partial charge in [0.1, 0.15) is 6.61 Å². The molecule has 0 atom stereocenters. The molecule has 2 N–H and O–H groups in total. The number of rotatable bonds is 5. The number of hydrogen-bond acceptors (Lipinski definition) is 4. The number of amides is 1. The third-order valence-corrected chi connectivity index (χ3v) is 4.85. The zero-order valence-corrected chi connectivity index (χ0v) is 15.0. The minimum Gasteiger partial charge on any atom is -0.484 e. The van der Waals surface area contributed by atoms with E-state index in [4.69, 9.17) is 4.74 Å². The van der Waals surface area contributed by atoms with Crippen molar-refractivity contribution in [1.29, 1.82) is 0 Å². The van der Waals surface area contributed by atoms with Crippen LogP contribution in [0, 0.1) is 11.7 Å². The molecule has 0 spiro atoms. The third-order valence-electron chi connectivity index (χ3n) is 4.85. The Bertz CT molecular complexity index is 761. The maximum Gasteiger partial charge on any atom is 0.274 e. The number of para-hydroxylation sites is 1. The van der Waals surface area contributed by atoms with E-state index >= 15 is 0 Å². The van der Waals surface area contributed by atoms with Crippen LogP contribution in [-0.2, 0) is 6.61 Å². The van der Waals surface area contributed by atoms with Gasteiger partial charge >= 0.3 is 0 Å². The van der Waals surface area contributed by atoms with Gasteiger partial charge in [0.15, 0.2) is 17.3 Å². The number of carbonyl (C=O) groups excluding carboxylic acids is 1. The van der Waals surface area contributed by atoms with Gasteiger partial charge < -0.3 is 14.7 Å². The maximum absolute atomic E-state index is 13.6. The van der Waals surface area contributed by atoms with Gasteiger partial charge in [-0.3, -0.25) is 9.89 Å². The summed E-state index contributed by atoms with van der Waals surface area (Å²) >= 11 is 0. The topological polar surface area (TPSA) is 78.5 Å². The number of H-pyrrole nitrogens is 1. The molecule has 26 heavy (non-hydrogen) atoms. The van der Waals surface area contributed by atoms with Crippen LogP contribution in [0.4, 0.5) is 4.39 Å². The number of hydrogen-bond donors (Lipinski definition) is 2. The molecule has 140 valence electrons. The molecule has 1 aromatic heterocycles. The monoisotopic (exact) mass is 361 g/mol. The summed E-state index contributed by atoms with van der Waals surface area (Å²) < 4.78 is 19.0. The number of carbonyl (C=O) groups is 1. The number of aromatic amines is 1. The van der Waals surface area contributed by atoms with Gasteiger partial charge in [-0.15, -0.1) is 0 Å². The molecule has 1 aliphatic heterocycles. The van der Waals surface area contributed by atoms with E-state index in [1.54, 1.807) is 29.2 Å². The Morgan fingerprint density at radius 3 is 2.73 bits per heavy atom. The van der Waals surface area contributed by atoms with E-state index in [-0.39, 0.29) is 24.2 Å². The van der Waals surface area contributed by atoms with E-state index in [2.05, 4.69) is 10.2 Å². The van der Waals surface area contributed by atoms with Gasteiger partial charge in [0, 0.05) is 13.1 Å². The SMILES string of the molecule is CC(C)(O)C1CCN(C(=O)c2cc(COc3ccccc3F)[nH]n2)CC1. The highest BCUT2D eigenvalue weighted by Gasteiger charge is 2.32. The van der Waals surface area contributed by atoms with Crippen molar-refractivity contribution in [3.05, 3.63) is 47.5 Å². The van der Waals surface area contributed by atoms with E-state index in [0.29, 0.717) is 24.5 Å². The second kappa shape index (κ2) is 7.45. The molecule has 6 nitrogen and oxygen atoms in total. The Balaban J connectivity index is 1.56. The van der Waals surface area contributed by atoms with Crippen LogP contribution in [0.15, 0.2) is 30.3 Å². The lowest BCUT2D eigenvalue weighted by Crippen LogP contribution is -2.44. The van der Waals surface area contributed by atoms with E-state index in [9.17, 15) is 14.3 Å². The van der Waals surface area contributed by atoms with Gasteiger partial charge in [0.05, 0.1) is 11.3 Å². The molecule has 2 aromatic rings. The Morgan fingerprint density at radius 1 is 1.38 bits per heavy atom. The van der Waals surface area contributed by atoms with Crippen molar-refractivity contribution in [1.82, 2.24) is 15.1 Å². The largest absolute Gasteiger partial charge is 0.484 e. The molecule has 0 unspecified atom stereocenters. The van der Waals surface area contributed by atoms with E-state index < -0.39 is 11.4 Å². The van der Waals surface area contributed by atoms with Crippen LogP contribution in [0.2, 0.25) is 0 Å². The highest BCUT2D eigenvalue weighted by Crippen LogP contribution is 2.28. The van der Waals surface area contributed by atoms with Gasteiger partial charge in [0.25, 0.3) is 5.91 Å². The molecule has 1 aromatic carbocycles. The van der Waals surface area contributed by atoms with Crippen molar-refractivity contribution in [2.75, 3.05) is 13.1 Å². The first kappa shape index (κ1) is 18.4. The Morgan fingerprint density at radius 2 is 2.08 bits per heavy atom. The molecule has 1 aliphatic rings. The zero-order valence-electron chi connectivity index (χ0n) is 15.0. The van der Waals surface area contributed by atoms with E-state index in [1.807, 2.05) is 13.8 Å². The summed E-state index contributed by atoms with van der Waals surface area (Å²) in [4.78, 5) is 14.3. The number of nitrogens with one attached hydrogen (secondary N) is 1. The van der Waals surface area contributed by atoms with Crippen LogP contribution in [-0.4, -0.2) is 44.8 Å². The fourth-order valence-electron chi connectivity index (χ4n) is 3.21. The Hall–Kier alpha value is -2.41. The van der Waals surface area contributed by atoms with Crippen LogP contribution < -0.4 is 4.74 Å². The number of aliphatic hydroxyl groups is 1. The number of aromatic nitrogens is 2. The molecule has 0 radical (unpaired) electrons. The Kier molecular flexibility index (Phi) is 5.27. The lowest BCUT2D eigenvalue weighted by molar-refractivity contribution is -0.0109. The molecule has 3 rings (SSSR count). The fraction of sp³-hybridized carbons (Fsp3) is 0.474. The van der Waals surface area contributed by atoms with Gasteiger partial charge in [-0.25, -0.2) is 4.39 Å². The summed E-state index contributed by atoms with van der Waals surface area (Å²) in [6.07, 6.45) is 1.53. The lowest BCUT2D eigenvalue weighted by atomic mass is 9.83. The second-order valence-electron chi connectivity index (χ2n) is 7.22. The quantitative estimate of drug-likeness (QED) is 0.858. The first-order valence-electron chi connectivity index (χ1n) is 8.78. The third kappa shape index (κ3) is 4.22. The van der Waals surface area contributed by atoms with Crippen molar-refractivity contribution in [3.8, 4) is 5.75 Å². The number of benzene rings is 1. The highest BCUT2D eigenvalue weighted by atomic mass is 19.1. The average Bonchev–Trinajstić information content (AvgIpc) is 3.09. The Labute approximate surface area is 152 Å². The number of likely N-dealkylation sites (tertiary alicyclic amines) is 1. The number of halogens is 1. The van der Waals surface area contributed by atoms with Crippen LogP contribution in [0.5, 0.6) is 5.75 Å². The van der Waals surface area contributed by atoms with Crippen molar-refractivity contribution < 1.29 is 19.0 Å². The predicted molar refractivity (Wildman–Crippen MR) is 94.2 cm³/mol. The number of piperidine rings is 1. The summed E-state index contributed by atoms with van der Waals surface area (Å²) in [5, 5.41) is 16.9. The van der Waals surface area contributed by atoms with Crippen molar-refractivity contribution in [3.63, 3.8) is 0 Å².